The lowest BCUT2D eigenvalue weighted by Gasteiger charge is -2.11. The maximum Gasteiger partial charge on any atom is 0.116 e. The lowest BCUT2D eigenvalue weighted by Crippen LogP contribution is -1.95. The van der Waals surface area contributed by atoms with Crippen LogP contribution in [-0.2, 0) is 0 Å². The molecule has 18 heavy (non-hydrogen) atoms. The first-order valence-corrected chi connectivity index (χ1v) is 6.18. The van der Waals surface area contributed by atoms with Crippen LogP contribution >= 0.6 is 11.8 Å². The van der Waals surface area contributed by atoms with Crippen molar-refractivity contribution in [1.82, 2.24) is 9.97 Å². The van der Waals surface area contributed by atoms with Gasteiger partial charge in [-0.25, -0.2) is 9.97 Å². The van der Waals surface area contributed by atoms with Crippen LogP contribution in [0.4, 0.5) is 0 Å². The van der Waals surface area contributed by atoms with Gasteiger partial charge in [0.15, 0.2) is 0 Å². The first-order chi connectivity index (χ1) is 8.70. The molecule has 5 heteroatoms. The minimum Gasteiger partial charge on any atom is -0.389 e. The molecule has 1 N–H and O–H groups in total. The molecule has 1 atom stereocenters. The van der Waals surface area contributed by atoms with Crippen LogP contribution in [-0.4, -0.2) is 15.1 Å². The molecule has 1 aromatic heterocycles. The van der Waals surface area contributed by atoms with Crippen LogP contribution in [0.25, 0.3) is 0 Å². The molecule has 4 nitrogen and oxygen atoms in total. The van der Waals surface area contributed by atoms with Crippen LogP contribution in [0.3, 0.4) is 0 Å². The fraction of sp³-hybridized carbons (Fsp3) is 0.154. The molecule has 0 saturated carbocycles. The highest BCUT2D eigenvalue weighted by molar-refractivity contribution is 7.99. The monoisotopic (exact) mass is 257 g/mol. The molecule has 2 aromatic rings. The van der Waals surface area contributed by atoms with Crippen molar-refractivity contribution in [3.05, 3.63) is 47.9 Å². The molecule has 1 aromatic carbocycles. The molecule has 0 aliphatic rings. The van der Waals surface area contributed by atoms with E-state index < -0.39 is 6.10 Å². The van der Waals surface area contributed by atoms with Crippen LogP contribution < -0.4 is 0 Å². The summed E-state index contributed by atoms with van der Waals surface area (Å²) in [5.74, 6) is 0. The van der Waals surface area contributed by atoms with Gasteiger partial charge in [-0.05, 0) is 30.7 Å². The predicted molar refractivity (Wildman–Crippen MR) is 67.9 cm³/mol. The van der Waals surface area contributed by atoms with Gasteiger partial charge < -0.3 is 5.11 Å². The quantitative estimate of drug-likeness (QED) is 0.856. The molecular formula is C13H11N3OS. The smallest absolute Gasteiger partial charge is 0.116 e. The first kappa shape index (κ1) is 12.6. The Hall–Kier alpha value is -1.90. The van der Waals surface area contributed by atoms with E-state index in [-0.39, 0.29) is 0 Å². The van der Waals surface area contributed by atoms with E-state index in [1.165, 1.54) is 18.1 Å². The molecule has 90 valence electrons. The van der Waals surface area contributed by atoms with Gasteiger partial charge in [0.25, 0.3) is 0 Å². The molecule has 0 saturated heterocycles. The number of hydrogen-bond donors (Lipinski definition) is 1. The normalized spacial score (nSPS) is 11.8. The fourth-order valence-corrected chi connectivity index (χ4v) is 2.49. The molecule has 0 radical (unpaired) electrons. The summed E-state index contributed by atoms with van der Waals surface area (Å²) in [6.45, 7) is 1.70. The van der Waals surface area contributed by atoms with E-state index >= 15 is 0 Å². The van der Waals surface area contributed by atoms with Gasteiger partial charge in [0, 0.05) is 11.1 Å². The zero-order valence-electron chi connectivity index (χ0n) is 9.74. The zero-order chi connectivity index (χ0) is 13.0. The number of hydrogen-bond acceptors (Lipinski definition) is 5. The van der Waals surface area contributed by atoms with E-state index in [9.17, 15) is 5.11 Å². The number of rotatable bonds is 3. The Kier molecular flexibility index (Phi) is 3.92. The van der Waals surface area contributed by atoms with Crippen molar-refractivity contribution in [1.29, 1.82) is 5.26 Å². The van der Waals surface area contributed by atoms with Gasteiger partial charge in [-0.1, -0.05) is 17.8 Å². The molecular weight excluding hydrogens is 246 g/mol. The number of aliphatic hydroxyl groups is 1. The van der Waals surface area contributed by atoms with Gasteiger partial charge in [-0.3, -0.25) is 0 Å². The Labute approximate surface area is 109 Å². The molecule has 2 rings (SSSR count). The second-order valence-electron chi connectivity index (χ2n) is 3.69. The lowest BCUT2D eigenvalue weighted by molar-refractivity contribution is 0.196. The summed E-state index contributed by atoms with van der Waals surface area (Å²) in [7, 11) is 0. The first-order valence-electron chi connectivity index (χ1n) is 5.36. The summed E-state index contributed by atoms with van der Waals surface area (Å²) in [5, 5.41) is 19.4. The molecule has 0 aliphatic carbocycles. The Morgan fingerprint density at radius 3 is 2.83 bits per heavy atom. The van der Waals surface area contributed by atoms with Gasteiger partial charge in [0.05, 0.1) is 17.7 Å². The highest BCUT2D eigenvalue weighted by Gasteiger charge is 2.10. The minimum atomic E-state index is -0.581. The van der Waals surface area contributed by atoms with Crippen LogP contribution in [0, 0.1) is 11.3 Å². The Morgan fingerprint density at radius 1 is 1.39 bits per heavy atom. The third-order valence-corrected chi connectivity index (χ3v) is 3.39. The van der Waals surface area contributed by atoms with Crippen LogP contribution in [0.15, 0.2) is 46.7 Å². The average molecular weight is 257 g/mol. The number of aliphatic hydroxyl groups excluding tert-OH is 1. The van der Waals surface area contributed by atoms with E-state index in [0.717, 1.165) is 15.5 Å². The maximum absolute atomic E-state index is 9.72. The third-order valence-electron chi connectivity index (χ3n) is 2.36. The van der Waals surface area contributed by atoms with Crippen LogP contribution in [0.2, 0.25) is 0 Å². The summed E-state index contributed by atoms with van der Waals surface area (Å²) in [4.78, 5) is 8.81. The van der Waals surface area contributed by atoms with Crippen molar-refractivity contribution in [3.63, 3.8) is 0 Å². The van der Waals surface area contributed by atoms with Gasteiger partial charge >= 0.3 is 0 Å². The van der Waals surface area contributed by atoms with Crippen LogP contribution in [0.1, 0.15) is 24.2 Å². The highest BCUT2D eigenvalue weighted by Crippen LogP contribution is 2.32. The number of aromatic nitrogens is 2. The third kappa shape index (κ3) is 2.86. The van der Waals surface area contributed by atoms with Crippen molar-refractivity contribution in [2.45, 2.75) is 22.9 Å². The van der Waals surface area contributed by atoms with Gasteiger partial charge in [0.1, 0.15) is 11.4 Å². The molecule has 0 amide bonds. The van der Waals surface area contributed by atoms with Crippen molar-refractivity contribution in [3.8, 4) is 6.07 Å². The average Bonchev–Trinajstić information content (AvgIpc) is 2.39. The van der Waals surface area contributed by atoms with Gasteiger partial charge in [-0.2, -0.15) is 5.26 Å². The van der Waals surface area contributed by atoms with Crippen molar-refractivity contribution in [2.75, 3.05) is 0 Å². The van der Waals surface area contributed by atoms with Crippen LogP contribution in [0.5, 0.6) is 0 Å². The maximum atomic E-state index is 9.72. The highest BCUT2D eigenvalue weighted by atomic mass is 32.2. The number of nitrogens with zero attached hydrogens (tertiary/aromatic N) is 3. The number of nitriles is 1. The Bertz CT molecular complexity index is 579. The standard InChI is InChI=1S/C13H11N3OS/c1-9(17)11-3-2-10(7-14)6-12(11)18-13-4-5-15-8-16-13/h2-6,8-9,17H,1H3/t9-/m0/s1. The van der Waals surface area contributed by atoms with Gasteiger partial charge in [0.2, 0.25) is 0 Å². The molecule has 0 aliphatic heterocycles. The summed E-state index contributed by atoms with van der Waals surface area (Å²) in [6, 6.07) is 9.11. The van der Waals surface area contributed by atoms with E-state index in [1.807, 2.05) is 0 Å². The van der Waals surface area contributed by atoms with Crippen molar-refractivity contribution >= 4 is 11.8 Å². The molecule has 0 fully saturated rings. The van der Waals surface area contributed by atoms with Gasteiger partial charge in [-0.15, -0.1) is 0 Å². The lowest BCUT2D eigenvalue weighted by atomic mass is 10.1. The summed E-state index contributed by atoms with van der Waals surface area (Å²) >= 11 is 1.41. The van der Waals surface area contributed by atoms with Crippen molar-refractivity contribution in [2.24, 2.45) is 0 Å². The Morgan fingerprint density at radius 2 is 2.22 bits per heavy atom. The molecule has 1 heterocycles. The molecule has 0 unspecified atom stereocenters. The topological polar surface area (TPSA) is 69.8 Å². The number of benzene rings is 1. The molecule has 0 spiro atoms. The largest absolute Gasteiger partial charge is 0.389 e. The molecule has 0 bridgehead atoms. The summed E-state index contributed by atoms with van der Waals surface area (Å²) in [6.07, 6.45) is 2.55. The van der Waals surface area contributed by atoms with Crippen molar-refractivity contribution < 1.29 is 5.11 Å². The van der Waals surface area contributed by atoms with E-state index in [1.54, 1.807) is 37.4 Å². The van der Waals surface area contributed by atoms with E-state index in [2.05, 4.69) is 16.0 Å². The predicted octanol–water partition coefficient (Wildman–Crippen LogP) is 2.55. The zero-order valence-corrected chi connectivity index (χ0v) is 10.6. The summed E-state index contributed by atoms with van der Waals surface area (Å²) in [5.41, 5.74) is 1.36. The summed E-state index contributed by atoms with van der Waals surface area (Å²) < 4.78 is 0. The second-order valence-corrected chi connectivity index (χ2v) is 4.75. The Balaban J connectivity index is 2.39. The van der Waals surface area contributed by atoms with E-state index in [0.29, 0.717) is 5.56 Å². The second kappa shape index (κ2) is 5.63. The van der Waals surface area contributed by atoms with E-state index in [4.69, 9.17) is 5.26 Å². The minimum absolute atomic E-state index is 0.566. The fourth-order valence-electron chi connectivity index (χ4n) is 1.49. The SMILES string of the molecule is C[C@H](O)c1ccc(C#N)cc1Sc1ccncn1.